The van der Waals surface area contributed by atoms with Gasteiger partial charge in [0, 0.05) is 37.3 Å². The monoisotopic (exact) mass is 287 g/mol. The van der Waals surface area contributed by atoms with Gasteiger partial charge in [-0.05, 0) is 37.3 Å². The molecule has 1 amide bonds. The van der Waals surface area contributed by atoms with Crippen molar-refractivity contribution in [3.05, 3.63) is 30.1 Å². The van der Waals surface area contributed by atoms with Gasteiger partial charge in [-0.15, -0.1) is 0 Å². The normalized spacial score (nSPS) is 23.9. The molecule has 4 nitrogen and oxygen atoms in total. The summed E-state index contributed by atoms with van der Waals surface area (Å²) in [5.41, 5.74) is 1.09. The Morgan fingerprint density at radius 1 is 1.38 bits per heavy atom. The second-order valence-corrected chi connectivity index (χ2v) is 6.78. The van der Waals surface area contributed by atoms with Crippen molar-refractivity contribution in [3.8, 4) is 0 Å². The highest BCUT2D eigenvalue weighted by atomic mass is 16.2. The molecule has 0 bridgehead atoms. The number of hydrogen-bond acceptors (Lipinski definition) is 3. The molecule has 1 saturated heterocycles. The predicted molar refractivity (Wildman–Crippen MR) is 82.7 cm³/mol. The van der Waals surface area contributed by atoms with Crippen LogP contribution in [0.5, 0.6) is 0 Å². The number of likely N-dealkylation sites (tertiary alicyclic amines) is 1. The number of carbonyl (C=O) groups excluding carboxylic acids is 1. The number of nitrogens with one attached hydrogen (secondary N) is 1. The third kappa shape index (κ3) is 3.62. The first kappa shape index (κ1) is 14.5. The van der Waals surface area contributed by atoms with E-state index in [-0.39, 0.29) is 12.1 Å². The van der Waals surface area contributed by atoms with Crippen LogP contribution in [0.3, 0.4) is 0 Å². The molecule has 2 heterocycles. The summed E-state index contributed by atoms with van der Waals surface area (Å²) in [6, 6.07) is 7.10. The Bertz CT molecular complexity index is 484. The van der Waals surface area contributed by atoms with Crippen LogP contribution in [-0.4, -0.2) is 34.4 Å². The zero-order valence-electron chi connectivity index (χ0n) is 13.0. The summed E-state index contributed by atoms with van der Waals surface area (Å²) in [7, 11) is 0. The summed E-state index contributed by atoms with van der Waals surface area (Å²) in [6.45, 7) is 5.33. The number of hydrogen-bond donors (Lipinski definition) is 1. The lowest BCUT2D eigenvalue weighted by molar-refractivity contribution is -0.128. The van der Waals surface area contributed by atoms with Gasteiger partial charge in [-0.2, -0.15) is 0 Å². The molecular weight excluding hydrogens is 262 g/mol. The van der Waals surface area contributed by atoms with Crippen molar-refractivity contribution in [2.75, 3.05) is 6.54 Å². The van der Waals surface area contributed by atoms with Gasteiger partial charge in [-0.1, -0.05) is 19.9 Å². The molecule has 114 valence electrons. The van der Waals surface area contributed by atoms with Crippen LogP contribution in [0, 0.1) is 5.92 Å². The highest BCUT2D eigenvalue weighted by molar-refractivity contribution is 5.80. The average molecular weight is 287 g/mol. The third-order valence-corrected chi connectivity index (χ3v) is 4.33. The lowest BCUT2D eigenvalue weighted by Gasteiger charge is -2.24. The molecule has 0 spiro atoms. The van der Waals surface area contributed by atoms with Crippen LogP contribution in [0.1, 0.15) is 51.3 Å². The molecule has 1 saturated carbocycles. The van der Waals surface area contributed by atoms with Gasteiger partial charge in [0.25, 0.3) is 0 Å². The molecule has 4 heteroatoms. The zero-order valence-corrected chi connectivity index (χ0v) is 13.0. The number of pyridine rings is 1. The van der Waals surface area contributed by atoms with Crippen molar-refractivity contribution in [1.82, 2.24) is 15.2 Å². The minimum atomic E-state index is 0.239. The van der Waals surface area contributed by atoms with E-state index >= 15 is 0 Å². The van der Waals surface area contributed by atoms with Gasteiger partial charge in [0.1, 0.15) is 0 Å². The summed E-state index contributed by atoms with van der Waals surface area (Å²) >= 11 is 0. The molecule has 0 unspecified atom stereocenters. The van der Waals surface area contributed by atoms with Crippen LogP contribution in [0.15, 0.2) is 24.4 Å². The molecule has 21 heavy (non-hydrogen) atoms. The fourth-order valence-electron chi connectivity index (χ4n) is 3.19. The summed E-state index contributed by atoms with van der Waals surface area (Å²) in [6.07, 6.45) is 5.91. The molecule has 1 aliphatic heterocycles. The van der Waals surface area contributed by atoms with Crippen LogP contribution in [0.4, 0.5) is 0 Å². The third-order valence-electron chi connectivity index (χ3n) is 4.33. The fourth-order valence-corrected chi connectivity index (χ4v) is 3.19. The summed E-state index contributed by atoms with van der Waals surface area (Å²) in [5.74, 6) is 0.917. The van der Waals surface area contributed by atoms with E-state index in [9.17, 15) is 4.79 Å². The van der Waals surface area contributed by atoms with Crippen LogP contribution in [0.2, 0.25) is 0 Å². The van der Waals surface area contributed by atoms with E-state index in [1.165, 1.54) is 12.8 Å². The minimum absolute atomic E-state index is 0.239. The molecule has 0 aromatic carbocycles. The minimum Gasteiger partial charge on any atom is -0.338 e. The molecule has 2 aliphatic rings. The first-order chi connectivity index (χ1) is 10.1. The molecule has 1 N–H and O–H groups in total. The van der Waals surface area contributed by atoms with Gasteiger partial charge in [0.05, 0.1) is 5.69 Å². The van der Waals surface area contributed by atoms with Crippen LogP contribution < -0.4 is 5.32 Å². The number of rotatable bonds is 6. The maximum atomic E-state index is 12.1. The maximum Gasteiger partial charge on any atom is 0.224 e. The van der Waals surface area contributed by atoms with Crippen molar-refractivity contribution < 1.29 is 4.79 Å². The van der Waals surface area contributed by atoms with E-state index in [1.54, 1.807) is 0 Å². The lowest BCUT2D eigenvalue weighted by Crippen LogP contribution is -2.37. The van der Waals surface area contributed by atoms with Crippen molar-refractivity contribution in [3.63, 3.8) is 0 Å². The van der Waals surface area contributed by atoms with Gasteiger partial charge >= 0.3 is 0 Å². The van der Waals surface area contributed by atoms with E-state index < -0.39 is 0 Å². The van der Waals surface area contributed by atoms with E-state index in [0.29, 0.717) is 24.3 Å². The highest BCUT2D eigenvalue weighted by Crippen LogP contribution is 2.31. The van der Waals surface area contributed by atoms with Gasteiger partial charge < -0.3 is 10.2 Å². The number of aromatic nitrogens is 1. The van der Waals surface area contributed by atoms with E-state index in [0.717, 1.165) is 18.7 Å². The Morgan fingerprint density at radius 2 is 2.19 bits per heavy atom. The fraction of sp³-hybridized carbons (Fsp3) is 0.647. The summed E-state index contributed by atoms with van der Waals surface area (Å²) in [4.78, 5) is 18.6. The van der Waals surface area contributed by atoms with E-state index in [1.807, 2.05) is 18.3 Å². The smallest absolute Gasteiger partial charge is 0.224 e. The first-order valence-corrected chi connectivity index (χ1v) is 8.10. The van der Waals surface area contributed by atoms with Gasteiger partial charge in [-0.3, -0.25) is 9.78 Å². The van der Waals surface area contributed by atoms with Crippen LogP contribution in [-0.2, 0) is 4.79 Å². The van der Waals surface area contributed by atoms with Crippen LogP contribution >= 0.6 is 0 Å². The number of amides is 1. The van der Waals surface area contributed by atoms with Gasteiger partial charge in [0.15, 0.2) is 0 Å². The van der Waals surface area contributed by atoms with Gasteiger partial charge in [-0.25, -0.2) is 0 Å². The Morgan fingerprint density at radius 3 is 2.81 bits per heavy atom. The topological polar surface area (TPSA) is 45.2 Å². The predicted octanol–water partition coefficient (Wildman–Crippen LogP) is 2.52. The summed E-state index contributed by atoms with van der Waals surface area (Å²) < 4.78 is 0. The van der Waals surface area contributed by atoms with E-state index in [2.05, 4.69) is 35.1 Å². The largest absolute Gasteiger partial charge is 0.338 e. The molecular formula is C17H25N3O. The van der Waals surface area contributed by atoms with Gasteiger partial charge in [0.2, 0.25) is 5.91 Å². The van der Waals surface area contributed by atoms with Crippen LogP contribution in [0.25, 0.3) is 0 Å². The quantitative estimate of drug-likeness (QED) is 0.874. The average Bonchev–Trinajstić information content (AvgIpc) is 3.23. The maximum absolute atomic E-state index is 12.1. The van der Waals surface area contributed by atoms with Crippen molar-refractivity contribution in [2.45, 2.75) is 57.7 Å². The Balaban J connectivity index is 1.66. The zero-order chi connectivity index (χ0) is 14.8. The molecule has 2 atom stereocenters. The molecule has 0 radical (unpaired) electrons. The molecule has 1 aromatic heterocycles. The van der Waals surface area contributed by atoms with Crippen molar-refractivity contribution >= 4 is 5.91 Å². The van der Waals surface area contributed by atoms with Crippen molar-refractivity contribution in [2.24, 2.45) is 5.92 Å². The number of nitrogens with zero attached hydrogens (tertiary/aromatic N) is 2. The second-order valence-electron chi connectivity index (χ2n) is 6.78. The molecule has 1 aromatic rings. The van der Waals surface area contributed by atoms with E-state index in [4.69, 9.17) is 0 Å². The Kier molecular flexibility index (Phi) is 4.24. The lowest BCUT2D eigenvalue weighted by atomic mass is 9.99. The molecule has 2 fully saturated rings. The molecule has 3 rings (SSSR count). The molecule has 1 aliphatic carbocycles. The Hall–Kier alpha value is -1.42. The SMILES string of the molecule is CC(C)C[C@@H](N[C@H]1CC(=O)N(C2CC2)C1)c1ccccn1. The van der Waals surface area contributed by atoms with Crippen molar-refractivity contribution in [1.29, 1.82) is 0 Å². The highest BCUT2D eigenvalue weighted by Gasteiger charge is 2.39. The second kappa shape index (κ2) is 6.14. The Labute approximate surface area is 126 Å². The standard InChI is InChI=1S/C17H25N3O/c1-12(2)9-16(15-5-3-4-8-18-15)19-13-10-17(21)20(11-13)14-6-7-14/h3-5,8,12-14,16,19H,6-7,9-11H2,1-2H3/t13-,16+/m0/s1. The first-order valence-electron chi connectivity index (χ1n) is 8.10. The summed E-state index contributed by atoms with van der Waals surface area (Å²) in [5, 5.41) is 3.68. The number of carbonyl (C=O) groups is 1.